The molecule has 0 fully saturated rings. The standard InChI is InChI=1S/C17H21NO3/c1-14(11-18(2)12-16-9-6-10-20-16)17(19)21-13-15-7-4-3-5-8-15/h3-10,14H,11-13H2,1-2H3. The summed E-state index contributed by atoms with van der Waals surface area (Å²) in [6, 6.07) is 13.5. The van der Waals surface area contributed by atoms with Gasteiger partial charge in [0.15, 0.2) is 0 Å². The number of benzene rings is 1. The molecule has 1 aromatic carbocycles. The minimum Gasteiger partial charge on any atom is -0.468 e. The second kappa shape index (κ2) is 7.64. The third kappa shape index (κ3) is 5.08. The fraction of sp³-hybridized carbons (Fsp3) is 0.353. The highest BCUT2D eigenvalue weighted by atomic mass is 16.5. The Hall–Kier alpha value is -2.07. The molecule has 2 aromatic rings. The molecule has 0 saturated carbocycles. The first-order valence-corrected chi connectivity index (χ1v) is 7.06. The number of esters is 1. The lowest BCUT2D eigenvalue weighted by molar-refractivity contribution is -0.149. The molecule has 0 amide bonds. The molecule has 0 aliphatic rings. The van der Waals surface area contributed by atoms with Crippen molar-refractivity contribution in [2.75, 3.05) is 13.6 Å². The fourth-order valence-electron chi connectivity index (χ4n) is 2.15. The number of hydrogen-bond donors (Lipinski definition) is 0. The van der Waals surface area contributed by atoms with Crippen LogP contribution in [0.3, 0.4) is 0 Å². The molecule has 0 N–H and O–H groups in total. The van der Waals surface area contributed by atoms with Gasteiger partial charge in [0.05, 0.1) is 18.7 Å². The molecule has 1 aromatic heterocycles. The van der Waals surface area contributed by atoms with E-state index in [1.807, 2.05) is 61.3 Å². The van der Waals surface area contributed by atoms with Crippen LogP contribution in [-0.2, 0) is 22.7 Å². The molecule has 112 valence electrons. The third-order valence-electron chi connectivity index (χ3n) is 3.22. The van der Waals surface area contributed by atoms with Crippen LogP contribution >= 0.6 is 0 Å². The van der Waals surface area contributed by atoms with E-state index < -0.39 is 0 Å². The molecule has 0 saturated heterocycles. The summed E-state index contributed by atoms with van der Waals surface area (Å²) in [6.07, 6.45) is 1.65. The minimum absolute atomic E-state index is 0.173. The Bertz CT molecular complexity index is 536. The van der Waals surface area contributed by atoms with E-state index in [-0.39, 0.29) is 11.9 Å². The van der Waals surface area contributed by atoms with E-state index >= 15 is 0 Å². The second-order valence-corrected chi connectivity index (χ2v) is 5.27. The predicted molar refractivity (Wildman–Crippen MR) is 80.4 cm³/mol. The van der Waals surface area contributed by atoms with Crippen molar-refractivity contribution < 1.29 is 13.9 Å². The van der Waals surface area contributed by atoms with E-state index in [1.54, 1.807) is 6.26 Å². The van der Waals surface area contributed by atoms with E-state index in [1.165, 1.54) is 0 Å². The minimum atomic E-state index is -0.176. The average molecular weight is 287 g/mol. The highest BCUT2D eigenvalue weighted by Gasteiger charge is 2.17. The molecule has 1 heterocycles. The van der Waals surface area contributed by atoms with Gasteiger partial charge in [0, 0.05) is 6.54 Å². The number of carbonyl (C=O) groups excluding carboxylic acids is 1. The summed E-state index contributed by atoms with van der Waals surface area (Å²) in [7, 11) is 1.96. The Labute approximate surface area is 125 Å². The number of carbonyl (C=O) groups is 1. The smallest absolute Gasteiger partial charge is 0.310 e. The van der Waals surface area contributed by atoms with Crippen LogP contribution in [0.15, 0.2) is 53.1 Å². The van der Waals surface area contributed by atoms with E-state index in [0.717, 1.165) is 11.3 Å². The van der Waals surface area contributed by atoms with Crippen LogP contribution in [0.5, 0.6) is 0 Å². The molecule has 21 heavy (non-hydrogen) atoms. The van der Waals surface area contributed by atoms with Gasteiger partial charge in [-0.2, -0.15) is 0 Å². The van der Waals surface area contributed by atoms with Crippen molar-refractivity contribution in [3.05, 3.63) is 60.1 Å². The maximum Gasteiger partial charge on any atom is 0.310 e. The first kappa shape index (κ1) is 15.3. The van der Waals surface area contributed by atoms with E-state index in [4.69, 9.17) is 9.15 Å². The number of furan rings is 1. The van der Waals surface area contributed by atoms with Crippen LogP contribution < -0.4 is 0 Å². The molecule has 1 atom stereocenters. The average Bonchev–Trinajstić information content (AvgIpc) is 2.98. The number of rotatable bonds is 7. The molecule has 0 radical (unpaired) electrons. The molecule has 0 aliphatic carbocycles. The number of hydrogen-bond acceptors (Lipinski definition) is 4. The van der Waals surface area contributed by atoms with Crippen LogP contribution in [-0.4, -0.2) is 24.5 Å². The van der Waals surface area contributed by atoms with Gasteiger partial charge in [-0.3, -0.25) is 9.69 Å². The molecule has 0 bridgehead atoms. The van der Waals surface area contributed by atoms with Crippen LogP contribution in [0.2, 0.25) is 0 Å². The van der Waals surface area contributed by atoms with Crippen molar-refractivity contribution in [2.24, 2.45) is 5.92 Å². The Morgan fingerprint density at radius 2 is 2.00 bits per heavy atom. The van der Waals surface area contributed by atoms with Crippen LogP contribution in [0, 0.1) is 5.92 Å². The lowest BCUT2D eigenvalue weighted by Gasteiger charge is -2.19. The summed E-state index contributed by atoms with van der Waals surface area (Å²) in [4.78, 5) is 14.0. The molecular weight excluding hydrogens is 266 g/mol. The highest BCUT2D eigenvalue weighted by molar-refractivity contribution is 5.72. The Morgan fingerprint density at radius 3 is 2.67 bits per heavy atom. The first-order chi connectivity index (χ1) is 10.1. The fourth-order valence-corrected chi connectivity index (χ4v) is 2.15. The van der Waals surface area contributed by atoms with E-state index in [2.05, 4.69) is 0 Å². The zero-order chi connectivity index (χ0) is 15.1. The van der Waals surface area contributed by atoms with Gasteiger partial charge >= 0.3 is 5.97 Å². The van der Waals surface area contributed by atoms with Crippen molar-refractivity contribution in [3.63, 3.8) is 0 Å². The van der Waals surface area contributed by atoms with Gasteiger partial charge in [0.1, 0.15) is 12.4 Å². The summed E-state index contributed by atoms with van der Waals surface area (Å²) in [6.45, 7) is 3.52. The summed E-state index contributed by atoms with van der Waals surface area (Å²) in [5.74, 6) is 0.543. The lowest BCUT2D eigenvalue weighted by Crippen LogP contribution is -2.29. The first-order valence-electron chi connectivity index (χ1n) is 7.06. The topological polar surface area (TPSA) is 42.7 Å². The van der Waals surface area contributed by atoms with Gasteiger partial charge in [-0.05, 0) is 24.7 Å². The largest absolute Gasteiger partial charge is 0.468 e. The van der Waals surface area contributed by atoms with Crippen molar-refractivity contribution in [3.8, 4) is 0 Å². The van der Waals surface area contributed by atoms with Gasteiger partial charge < -0.3 is 9.15 Å². The molecule has 4 nitrogen and oxygen atoms in total. The molecule has 4 heteroatoms. The predicted octanol–water partition coefficient (Wildman–Crippen LogP) is 3.09. The van der Waals surface area contributed by atoms with E-state index in [0.29, 0.717) is 19.7 Å². The quantitative estimate of drug-likeness (QED) is 0.734. The van der Waals surface area contributed by atoms with Gasteiger partial charge in [0.25, 0.3) is 0 Å². The molecule has 0 aliphatic heterocycles. The monoisotopic (exact) mass is 287 g/mol. The van der Waals surface area contributed by atoms with Gasteiger partial charge in [-0.25, -0.2) is 0 Å². The molecular formula is C17H21NO3. The number of ether oxygens (including phenoxy) is 1. The highest BCUT2D eigenvalue weighted by Crippen LogP contribution is 2.09. The lowest BCUT2D eigenvalue weighted by atomic mass is 10.1. The summed E-state index contributed by atoms with van der Waals surface area (Å²) >= 11 is 0. The molecule has 2 rings (SSSR count). The van der Waals surface area contributed by atoms with Crippen molar-refractivity contribution in [2.45, 2.75) is 20.1 Å². The zero-order valence-corrected chi connectivity index (χ0v) is 12.5. The Kier molecular flexibility index (Phi) is 5.58. The van der Waals surface area contributed by atoms with Crippen LogP contribution in [0.4, 0.5) is 0 Å². The van der Waals surface area contributed by atoms with Gasteiger partial charge in [-0.15, -0.1) is 0 Å². The summed E-state index contributed by atoms with van der Waals surface area (Å²) < 4.78 is 10.6. The number of nitrogens with zero attached hydrogens (tertiary/aromatic N) is 1. The van der Waals surface area contributed by atoms with Gasteiger partial charge in [-0.1, -0.05) is 37.3 Å². The molecule has 0 spiro atoms. The van der Waals surface area contributed by atoms with Crippen molar-refractivity contribution >= 4 is 5.97 Å². The third-order valence-corrected chi connectivity index (χ3v) is 3.22. The maximum atomic E-state index is 12.0. The summed E-state index contributed by atoms with van der Waals surface area (Å²) in [5, 5.41) is 0. The van der Waals surface area contributed by atoms with Gasteiger partial charge in [0.2, 0.25) is 0 Å². The van der Waals surface area contributed by atoms with Crippen LogP contribution in [0.25, 0.3) is 0 Å². The van der Waals surface area contributed by atoms with Crippen LogP contribution in [0.1, 0.15) is 18.2 Å². The van der Waals surface area contributed by atoms with Crippen molar-refractivity contribution in [1.29, 1.82) is 0 Å². The molecule has 1 unspecified atom stereocenters. The SMILES string of the molecule is CC(CN(C)Cc1ccco1)C(=O)OCc1ccccc1. The zero-order valence-electron chi connectivity index (χ0n) is 12.5. The second-order valence-electron chi connectivity index (χ2n) is 5.27. The maximum absolute atomic E-state index is 12.0. The normalized spacial score (nSPS) is 12.3. The van der Waals surface area contributed by atoms with E-state index in [9.17, 15) is 4.79 Å². The van der Waals surface area contributed by atoms with Crippen molar-refractivity contribution in [1.82, 2.24) is 4.90 Å². The Morgan fingerprint density at radius 1 is 1.24 bits per heavy atom. The Balaban J connectivity index is 1.74. The summed E-state index contributed by atoms with van der Waals surface area (Å²) in [5.41, 5.74) is 1.00.